The molecule has 0 aromatic carbocycles. The molecule has 4 rings (SSSR count). The molecule has 1 fully saturated rings. The van der Waals surface area contributed by atoms with Gasteiger partial charge in [0.15, 0.2) is 11.6 Å². The maximum absolute atomic E-state index is 4.57. The fraction of sp³-hybridized carbons (Fsp3) is 0.421. The predicted molar refractivity (Wildman–Crippen MR) is 105 cm³/mol. The maximum Gasteiger partial charge on any atom is 0.176 e. The number of aromatic nitrogens is 6. The Morgan fingerprint density at radius 1 is 0.704 bits per heavy atom. The molecule has 0 bridgehead atoms. The molecule has 1 aliphatic heterocycles. The molecule has 0 unspecified atom stereocenters. The monoisotopic (exact) mass is 364 g/mol. The number of rotatable bonds is 3. The van der Waals surface area contributed by atoms with Crippen molar-refractivity contribution in [1.82, 2.24) is 29.9 Å². The Labute approximate surface area is 158 Å². The van der Waals surface area contributed by atoms with Crippen LogP contribution in [-0.4, -0.2) is 56.1 Å². The predicted octanol–water partition coefficient (Wildman–Crippen LogP) is 2.01. The van der Waals surface area contributed by atoms with E-state index >= 15 is 0 Å². The van der Waals surface area contributed by atoms with Crippen LogP contribution in [0, 0.1) is 27.7 Å². The van der Waals surface area contributed by atoms with E-state index in [1.54, 1.807) is 0 Å². The quantitative estimate of drug-likeness (QED) is 0.704. The lowest BCUT2D eigenvalue weighted by atomic mass is 10.3. The Morgan fingerprint density at radius 3 is 1.89 bits per heavy atom. The van der Waals surface area contributed by atoms with Gasteiger partial charge in [-0.1, -0.05) is 0 Å². The largest absolute Gasteiger partial charge is 0.353 e. The van der Waals surface area contributed by atoms with Crippen LogP contribution in [0.3, 0.4) is 0 Å². The Balaban J connectivity index is 1.44. The first-order valence-electron chi connectivity index (χ1n) is 9.19. The van der Waals surface area contributed by atoms with Gasteiger partial charge in [0.25, 0.3) is 0 Å². The zero-order valence-electron chi connectivity index (χ0n) is 16.2. The van der Waals surface area contributed by atoms with Crippen LogP contribution >= 0.6 is 0 Å². The molecule has 0 N–H and O–H groups in total. The van der Waals surface area contributed by atoms with Gasteiger partial charge in [0.1, 0.15) is 11.6 Å². The van der Waals surface area contributed by atoms with E-state index in [1.807, 2.05) is 56.6 Å². The smallest absolute Gasteiger partial charge is 0.176 e. The normalized spacial score (nSPS) is 14.7. The highest BCUT2D eigenvalue weighted by molar-refractivity contribution is 5.45. The molecule has 0 radical (unpaired) electrons. The molecule has 8 heteroatoms. The number of nitrogens with zero attached hydrogens (tertiary/aromatic N) is 8. The second-order valence-corrected chi connectivity index (χ2v) is 6.98. The second kappa shape index (κ2) is 6.94. The van der Waals surface area contributed by atoms with E-state index < -0.39 is 0 Å². The minimum absolute atomic E-state index is 0.745. The summed E-state index contributed by atoms with van der Waals surface area (Å²) in [6.07, 6.45) is 0. The molecule has 0 saturated carbocycles. The van der Waals surface area contributed by atoms with Crippen molar-refractivity contribution >= 4 is 11.6 Å². The third-order valence-electron chi connectivity index (χ3n) is 4.74. The third-order valence-corrected chi connectivity index (χ3v) is 4.74. The highest BCUT2D eigenvalue weighted by Gasteiger charge is 2.20. The Hall–Kier alpha value is -3.03. The first kappa shape index (κ1) is 17.4. The lowest BCUT2D eigenvalue weighted by molar-refractivity contribution is 0.634. The highest BCUT2D eigenvalue weighted by Crippen LogP contribution is 2.19. The van der Waals surface area contributed by atoms with Crippen molar-refractivity contribution < 1.29 is 0 Å². The minimum Gasteiger partial charge on any atom is -0.353 e. The van der Waals surface area contributed by atoms with E-state index in [4.69, 9.17) is 0 Å². The molecule has 1 aliphatic rings. The molecule has 3 aromatic rings. The number of hydrogen-bond acceptors (Lipinski definition) is 7. The van der Waals surface area contributed by atoms with Gasteiger partial charge < -0.3 is 9.80 Å². The van der Waals surface area contributed by atoms with Crippen LogP contribution < -0.4 is 9.80 Å². The van der Waals surface area contributed by atoms with Gasteiger partial charge in [-0.15, -0.1) is 10.2 Å². The van der Waals surface area contributed by atoms with Crippen molar-refractivity contribution in [2.24, 2.45) is 0 Å². The summed E-state index contributed by atoms with van der Waals surface area (Å²) in [5.41, 5.74) is 3.04. The molecule has 27 heavy (non-hydrogen) atoms. The van der Waals surface area contributed by atoms with E-state index in [0.717, 1.165) is 66.5 Å². The lowest BCUT2D eigenvalue weighted by Crippen LogP contribution is -2.47. The molecule has 140 valence electrons. The summed E-state index contributed by atoms with van der Waals surface area (Å²) in [4.78, 5) is 13.5. The van der Waals surface area contributed by atoms with Gasteiger partial charge >= 0.3 is 0 Å². The van der Waals surface area contributed by atoms with Crippen LogP contribution in [0.1, 0.15) is 22.9 Å². The summed E-state index contributed by atoms with van der Waals surface area (Å²) in [5.74, 6) is 3.47. The van der Waals surface area contributed by atoms with Crippen molar-refractivity contribution in [2.45, 2.75) is 27.7 Å². The van der Waals surface area contributed by atoms with E-state index in [0.29, 0.717) is 0 Å². The Morgan fingerprint density at radius 2 is 1.33 bits per heavy atom. The molecule has 0 aliphatic carbocycles. The highest BCUT2D eigenvalue weighted by atomic mass is 15.4. The van der Waals surface area contributed by atoms with Gasteiger partial charge in [-0.3, -0.25) is 0 Å². The average molecular weight is 364 g/mol. The first-order chi connectivity index (χ1) is 13.0. The maximum atomic E-state index is 4.57. The Kier molecular flexibility index (Phi) is 4.47. The number of aryl methyl sites for hydroxylation is 4. The van der Waals surface area contributed by atoms with E-state index in [2.05, 4.69) is 35.1 Å². The summed E-state index contributed by atoms with van der Waals surface area (Å²) in [6.45, 7) is 11.5. The van der Waals surface area contributed by atoms with Crippen LogP contribution in [0.25, 0.3) is 5.82 Å². The molecular formula is C19H24N8. The fourth-order valence-electron chi connectivity index (χ4n) is 3.48. The zero-order valence-corrected chi connectivity index (χ0v) is 16.2. The van der Waals surface area contributed by atoms with Crippen molar-refractivity contribution in [2.75, 3.05) is 36.0 Å². The molecule has 4 heterocycles. The number of hydrogen-bond donors (Lipinski definition) is 0. The van der Waals surface area contributed by atoms with Crippen LogP contribution in [0.2, 0.25) is 0 Å². The van der Waals surface area contributed by atoms with Gasteiger partial charge in [0, 0.05) is 43.6 Å². The van der Waals surface area contributed by atoms with Gasteiger partial charge in [0.2, 0.25) is 0 Å². The lowest BCUT2D eigenvalue weighted by Gasteiger charge is -2.35. The number of anilines is 2. The second-order valence-electron chi connectivity index (χ2n) is 6.98. The molecule has 3 aromatic heterocycles. The molecular weight excluding hydrogens is 340 g/mol. The summed E-state index contributed by atoms with van der Waals surface area (Å²) >= 11 is 0. The number of piperazine rings is 1. The molecule has 0 atom stereocenters. The topological polar surface area (TPSA) is 75.9 Å². The summed E-state index contributed by atoms with van der Waals surface area (Å²) < 4.78 is 1.82. The van der Waals surface area contributed by atoms with E-state index in [-0.39, 0.29) is 0 Å². The van der Waals surface area contributed by atoms with Gasteiger partial charge in [-0.2, -0.15) is 5.10 Å². The summed E-state index contributed by atoms with van der Waals surface area (Å²) in [6, 6.07) is 8.08. The zero-order chi connectivity index (χ0) is 19.0. The molecule has 0 spiro atoms. The van der Waals surface area contributed by atoms with Crippen LogP contribution in [-0.2, 0) is 0 Å². The minimum atomic E-state index is 0.745. The average Bonchev–Trinajstić information content (AvgIpc) is 2.99. The Bertz CT molecular complexity index is 919. The van der Waals surface area contributed by atoms with Crippen molar-refractivity contribution in [3.05, 3.63) is 47.2 Å². The van der Waals surface area contributed by atoms with E-state index in [9.17, 15) is 0 Å². The first-order valence-corrected chi connectivity index (χ1v) is 9.19. The van der Waals surface area contributed by atoms with Gasteiger partial charge in [-0.25, -0.2) is 14.6 Å². The molecule has 1 saturated heterocycles. The molecule has 0 amide bonds. The van der Waals surface area contributed by atoms with Gasteiger partial charge in [-0.05, 0) is 45.9 Å². The SMILES string of the molecule is Cc1cc(N2CCN(c3ccc(-n4nc(C)cc4C)nn3)CC2)nc(C)n1. The van der Waals surface area contributed by atoms with Crippen molar-refractivity contribution in [1.29, 1.82) is 0 Å². The fourth-order valence-corrected chi connectivity index (χ4v) is 3.48. The third kappa shape index (κ3) is 3.60. The van der Waals surface area contributed by atoms with Gasteiger partial charge in [0.05, 0.1) is 5.69 Å². The summed E-state index contributed by atoms with van der Waals surface area (Å²) in [5, 5.41) is 13.3. The molecule has 8 nitrogen and oxygen atoms in total. The summed E-state index contributed by atoms with van der Waals surface area (Å²) in [7, 11) is 0. The van der Waals surface area contributed by atoms with Crippen LogP contribution in [0.4, 0.5) is 11.6 Å². The standard InChI is InChI=1S/C19H24N8/c1-13-12-19(21-16(4)20-13)26-9-7-25(8-10-26)17-5-6-18(23-22-17)27-15(3)11-14(2)24-27/h5-6,11-12H,7-10H2,1-4H3. The van der Waals surface area contributed by atoms with Crippen LogP contribution in [0.15, 0.2) is 24.3 Å². The van der Waals surface area contributed by atoms with Crippen LogP contribution in [0.5, 0.6) is 0 Å². The van der Waals surface area contributed by atoms with E-state index in [1.165, 1.54) is 0 Å². The van der Waals surface area contributed by atoms with Crippen molar-refractivity contribution in [3.8, 4) is 5.82 Å². The van der Waals surface area contributed by atoms with Crippen molar-refractivity contribution in [3.63, 3.8) is 0 Å².